The average Bonchev–Trinajstić information content (AvgIpc) is 2.68. The molecule has 0 unspecified atom stereocenters. The van der Waals surface area contributed by atoms with Crippen LogP contribution in [0.5, 0.6) is 0 Å². The van der Waals surface area contributed by atoms with Crippen LogP contribution in [-0.4, -0.2) is 20.2 Å². The lowest BCUT2D eigenvalue weighted by molar-refractivity contribution is 0.841. The summed E-state index contributed by atoms with van der Waals surface area (Å²) in [4.78, 5) is 8.32. The maximum atomic E-state index is 4.38. The van der Waals surface area contributed by atoms with E-state index in [2.05, 4.69) is 27.1 Å². The number of hydrogen-bond donors (Lipinski definition) is 1. The van der Waals surface area contributed by atoms with Crippen molar-refractivity contribution in [2.24, 2.45) is 0 Å². The first kappa shape index (κ1) is 8.87. The second-order valence-electron chi connectivity index (χ2n) is 3.09. The normalized spacial score (nSPS) is 10.4. The van der Waals surface area contributed by atoms with E-state index in [0.29, 0.717) is 0 Å². The van der Waals surface area contributed by atoms with Crippen molar-refractivity contribution in [3.8, 4) is 11.4 Å². The molecule has 0 atom stereocenters. The molecule has 0 aromatic carbocycles. The average molecular weight is 188 g/mol. The molecule has 2 aromatic rings. The molecule has 2 rings (SSSR count). The number of aromatic amines is 1. The Bertz CT molecular complexity index is 394. The standard InChI is InChI=1S/C10H12N4/c1-2-3-9-12-10(14-13-9)8-4-6-11-7-5-8/h4-7H,2-3H2,1H3,(H,12,13,14). The molecule has 0 saturated heterocycles. The van der Waals surface area contributed by atoms with Crippen LogP contribution in [0.1, 0.15) is 19.2 Å². The summed E-state index contributed by atoms with van der Waals surface area (Å²) in [5.41, 5.74) is 0.999. The van der Waals surface area contributed by atoms with Gasteiger partial charge in [-0.2, -0.15) is 5.10 Å². The predicted octanol–water partition coefficient (Wildman–Crippen LogP) is 1.82. The summed E-state index contributed by atoms with van der Waals surface area (Å²) in [5.74, 6) is 1.69. The zero-order valence-electron chi connectivity index (χ0n) is 8.07. The van der Waals surface area contributed by atoms with E-state index < -0.39 is 0 Å². The molecule has 1 N–H and O–H groups in total. The topological polar surface area (TPSA) is 54.5 Å². The van der Waals surface area contributed by atoms with E-state index in [4.69, 9.17) is 0 Å². The lowest BCUT2D eigenvalue weighted by Crippen LogP contribution is -1.85. The fourth-order valence-corrected chi connectivity index (χ4v) is 1.27. The van der Waals surface area contributed by atoms with Gasteiger partial charge < -0.3 is 0 Å². The molecule has 0 saturated carbocycles. The van der Waals surface area contributed by atoms with Crippen molar-refractivity contribution in [3.63, 3.8) is 0 Å². The molecule has 0 spiro atoms. The third-order valence-electron chi connectivity index (χ3n) is 1.96. The number of aromatic nitrogens is 4. The van der Waals surface area contributed by atoms with Crippen LogP contribution in [0.25, 0.3) is 11.4 Å². The van der Waals surface area contributed by atoms with Crippen LogP contribution in [0, 0.1) is 0 Å². The van der Waals surface area contributed by atoms with E-state index in [1.54, 1.807) is 12.4 Å². The van der Waals surface area contributed by atoms with Gasteiger partial charge in [0, 0.05) is 24.4 Å². The third-order valence-corrected chi connectivity index (χ3v) is 1.96. The van der Waals surface area contributed by atoms with Crippen LogP contribution in [0.15, 0.2) is 24.5 Å². The van der Waals surface area contributed by atoms with Gasteiger partial charge in [-0.25, -0.2) is 4.98 Å². The van der Waals surface area contributed by atoms with E-state index in [1.807, 2.05) is 12.1 Å². The lowest BCUT2D eigenvalue weighted by atomic mass is 10.2. The maximum absolute atomic E-state index is 4.38. The summed E-state index contributed by atoms with van der Waals surface area (Å²) in [5, 5.41) is 7.06. The molecule has 0 aliphatic heterocycles. The Morgan fingerprint density at radius 2 is 2.07 bits per heavy atom. The van der Waals surface area contributed by atoms with Gasteiger partial charge in [0.1, 0.15) is 5.82 Å². The van der Waals surface area contributed by atoms with Crippen molar-refractivity contribution < 1.29 is 0 Å². The number of hydrogen-bond acceptors (Lipinski definition) is 3. The van der Waals surface area contributed by atoms with Crippen molar-refractivity contribution in [1.82, 2.24) is 20.2 Å². The first-order valence-electron chi connectivity index (χ1n) is 4.72. The van der Waals surface area contributed by atoms with Crippen LogP contribution >= 0.6 is 0 Å². The maximum Gasteiger partial charge on any atom is 0.181 e. The molecule has 2 aromatic heterocycles. The summed E-state index contributed by atoms with van der Waals surface area (Å²) in [7, 11) is 0. The zero-order valence-corrected chi connectivity index (χ0v) is 8.07. The Hall–Kier alpha value is -1.71. The molecule has 0 fully saturated rings. The van der Waals surface area contributed by atoms with Crippen molar-refractivity contribution in [3.05, 3.63) is 30.4 Å². The number of H-pyrrole nitrogens is 1. The lowest BCUT2D eigenvalue weighted by Gasteiger charge is -1.91. The van der Waals surface area contributed by atoms with Crippen LogP contribution < -0.4 is 0 Å². The van der Waals surface area contributed by atoms with Crippen LogP contribution in [-0.2, 0) is 6.42 Å². The minimum Gasteiger partial charge on any atom is -0.265 e. The van der Waals surface area contributed by atoms with Gasteiger partial charge in [-0.3, -0.25) is 10.1 Å². The molecular weight excluding hydrogens is 176 g/mol. The second-order valence-corrected chi connectivity index (χ2v) is 3.09. The highest BCUT2D eigenvalue weighted by Gasteiger charge is 2.03. The van der Waals surface area contributed by atoms with Crippen molar-refractivity contribution >= 4 is 0 Å². The number of nitrogens with zero attached hydrogens (tertiary/aromatic N) is 3. The van der Waals surface area contributed by atoms with Gasteiger partial charge >= 0.3 is 0 Å². The van der Waals surface area contributed by atoms with Crippen molar-refractivity contribution in [2.75, 3.05) is 0 Å². The first-order chi connectivity index (χ1) is 6.90. The number of rotatable bonds is 3. The molecule has 0 aliphatic carbocycles. The van der Waals surface area contributed by atoms with Crippen LogP contribution in [0.3, 0.4) is 0 Å². The Morgan fingerprint density at radius 1 is 1.29 bits per heavy atom. The molecule has 0 amide bonds. The Kier molecular flexibility index (Phi) is 2.53. The number of nitrogens with one attached hydrogen (secondary N) is 1. The molecule has 4 heteroatoms. The van der Waals surface area contributed by atoms with Crippen LogP contribution in [0.2, 0.25) is 0 Å². The van der Waals surface area contributed by atoms with E-state index in [9.17, 15) is 0 Å². The van der Waals surface area contributed by atoms with Crippen LogP contribution in [0.4, 0.5) is 0 Å². The van der Waals surface area contributed by atoms with Gasteiger partial charge in [-0.05, 0) is 18.6 Å². The molecule has 4 nitrogen and oxygen atoms in total. The predicted molar refractivity (Wildman–Crippen MR) is 53.6 cm³/mol. The highest BCUT2D eigenvalue weighted by molar-refractivity contribution is 5.52. The minimum absolute atomic E-state index is 0.746. The largest absolute Gasteiger partial charge is 0.265 e. The van der Waals surface area contributed by atoms with Gasteiger partial charge in [0.15, 0.2) is 5.82 Å². The van der Waals surface area contributed by atoms with Crippen molar-refractivity contribution in [2.45, 2.75) is 19.8 Å². The zero-order chi connectivity index (χ0) is 9.80. The van der Waals surface area contributed by atoms with E-state index >= 15 is 0 Å². The van der Waals surface area contributed by atoms with E-state index in [1.165, 1.54) is 0 Å². The number of aryl methyl sites for hydroxylation is 1. The SMILES string of the molecule is CCCc1nc(-c2ccncc2)n[nH]1. The van der Waals surface area contributed by atoms with Gasteiger partial charge in [0.05, 0.1) is 0 Å². The first-order valence-corrected chi connectivity index (χ1v) is 4.72. The second kappa shape index (κ2) is 4.00. The summed E-state index contributed by atoms with van der Waals surface area (Å²) in [6.45, 7) is 2.12. The Morgan fingerprint density at radius 3 is 2.79 bits per heavy atom. The third kappa shape index (κ3) is 1.79. The molecule has 2 heterocycles. The molecule has 0 aliphatic rings. The van der Waals surface area contributed by atoms with Gasteiger partial charge in [0.2, 0.25) is 0 Å². The van der Waals surface area contributed by atoms with E-state index in [-0.39, 0.29) is 0 Å². The van der Waals surface area contributed by atoms with Gasteiger partial charge in [-0.15, -0.1) is 0 Å². The quantitative estimate of drug-likeness (QED) is 0.799. The molecule has 0 bridgehead atoms. The summed E-state index contributed by atoms with van der Waals surface area (Å²) in [6, 6.07) is 3.80. The molecule has 0 radical (unpaired) electrons. The Balaban J connectivity index is 2.25. The highest BCUT2D eigenvalue weighted by Crippen LogP contribution is 2.12. The molecule has 14 heavy (non-hydrogen) atoms. The number of pyridine rings is 1. The van der Waals surface area contributed by atoms with Gasteiger partial charge in [0.25, 0.3) is 0 Å². The molecular formula is C10H12N4. The summed E-state index contributed by atoms with van der Waals surface area (Å²) < 4.78 is 0. The summed E-state index contributed by atoms with van der Waals surface area (Å²) >= 11 is 0. The molecule has 72 valence electrons. The monoisotopic (exact) mass is 188 g/mol. The Labute approximate surface area is 82.4 Å². The summed E-state index contributed by atoms with van der Waals surface area (Å²) in [6.07, 6.45) is 5.50. The van der Waals surface area contributed by atoms with Crippen molar-refractivity contribution in [1.29, 1.82) is 0 Å². The fraction of sp³-hybridized carbons (Fsp3) is 0.300. The van der Waals surface area contributed by atoms with Gasteiger partial charge in [-0.1, -0.05) is 6.92 Å². The van der Waals surface area contributed by atoms with E-state index in [0.717, 1.165) is 30.1 Å². The fourth-order valence-electron chi connectivity index (χ4n) is 1.27. The smallest absolute Gasteiger partial charge is 0.181 e. The minimum atomic E-state index is 0.746. The highest BCUT2D eigenvalue weighted by atomic mass is 15.2.